The number of aliphatic hydroxyl groups is 1. The number of likely N-dealkylation sites (N-methyl/N-ethyl adjacent to an activating group) is 1. The summed E-state index contributed by atoms with van der Waals surface area (Å²) >= 11 is 0. The molecule has 2 N–H and O–H groups in total. The van der Waals surface area contributed by atoms with Crippen molar-refractivity contribution in [3.05, 3.63) is 17.7 Å². The predicted molar refractivity (Wildman–Crippen MR) is 78.9 cm³/mol. The maximum atomic E-state index is 12.4. The Bertz CT molecular complexity index is 460. The molecule has 0 aliphatic rings. The van der Waals surface area contributed by atoms with Crippen molar-refractivity contribution in [2.45, 2.75) is 39.7 Å². The first-order valence-corrected chi connectivity index (χ1v) is 6.91. The third-order valence-electron chi connectivity index (χ3n) is 2.78. The molecule has 0 aromatic carbocycles. The highest BCUT2D eigenvalue weighted by Gasteiger charge is 2.20. The van der Waals surface area contributed by atoms with Crippen LogP contribution in [-0.2, 0) is 0 Å². The fraction of sp³-hybridized carbons (Fsp3) is 0.643. The van der Waals surface area contributed by atoms with Crippen LogP contribution in [0.5, 0.6) is 0 Å². The second kappa shape index (κ2) is 7.19. The van der Waals surface area contributed by atoms with Crippen LogP contribution in [0.1, 0.15) is 49.9 Å². The SMILES string of the molecule is CCNc1cnc(C(C)C)nc1C(=O)N(C)CC(C)O. The lowest BCUT2D eigenvalue weighted by Gasteiger charge is -2.20. The molecule has 6 nitrogen and oxygen atoms in total. The molecular formula is C14H24N4O2. The van der Waals surface area contributed by atoms with Crippen LogP contribution in [0.2, 0.25) is 0 Å². The lowest BCUT2D eigenvalue weighted by molar-refractivity contribution is 0.0698. The van der Waals surface area contributed by atoms with Crippen LogP contribution < -0.4 is 5.32 Å². The lowest BCUT2D eigenvalue weighted by atomic mass is 10.2. The molecule has 1 unspecified atom stereocenters. The molecule has 6 heteroatoms. The van der Waals surface area contributed by atoms with Gasteiger partial charge in [0.1, 0.15) is 5.82 Å². The maximum absolute atomic E-state index is 12.4. The molecule has 1 aromatic heterocycles. The molecule has 0 saturated carbocycles. The van der Waals surface area contributed by atoms with Crippen LogP contribution in [0.25, 0.3) is 0 Å². The van der Waals surface area contributed by atoms with Gasteiger partial charge in [-0.1, -0.05) is 13.8 Å². The van der Waals surface area contributed by atoms with E-state index in [2.05, 4.69) is 15.3 Å². The predicted octanol–water partition coefficient (Wildman–Crippen LogP) is 1.48. The van der Waals surface area contributed by atoms with Gasteiger partial charge in [-0.2, -0.15) is 0 Å². The van der Waals surface area contributed by atoms with E-state index < -0.39 is 6.10 Å². The summed E-state index contributed by atoms with van der Waals surface area (Å²) in [5.41, 5.74) is 0.980. The zero-order valence-electron chi connectivity index (χ0n) is 12.8. The van der Waals surface area contributed by atoms with Crippen molar-refractivity contribution in [1.29, 1.82) is 0 Å². The van der Waals surface area contributed by atoms with E-state index in [0.717, 1.165) is 0 Å². The molecule has 0 aliphatic heterocycles. The van der Waals surface area contributed by atoms with Gasteiger partial charge in [-0.05, 0) is 13.8 Å². The summed E-state index contributed by atoms with van der Waals surface area (Å²) in [7, 11) is 1.65. The second-order valence-electron chi connectivity index (χ2n) is 5.21. The first kappa shape index (κ1) is 16.4. The van der Waals surface area contributed by atoms with Crippen molar-refractivity contribution in [2.24, 2.45) is 0 Å². The van der Waals surface area contributed by atoms with Crippen LogP contribution in [-0.4, -0.2) is 52.1 Å². The quantitative estimate of drug-likeness (QED) is 0.825. The van der Waals surface area contributed by atoms with Gasteiger partial charge in [0.25, 0.3) is 5.91 Å². The maximum Gasteiger partial charge on any atom is 0.274 e. The van der Waals surface area contributed by atoms with Gasteiger partial charge in [0.05, 0.1) is 18.0 Å². The van der Waals surface area contributed by atoms with E-state index in [1.165, 1.54) is 4.90 Å². The molecule has 1 aromatic rings. The third kappa shape index (κ3) is 4.16. The highest BCUT2D eigenvalue weighted by Crippen LogP contribution is 2.17. The summed E-state index contributed by atoms with van der Waals surface area (Å²) in [6.45, 7) is 8.51. The Morgan fingerprint density at radius 3 is 2.60 bits per heavy atom. The van der Waals surface area contributed by atoms with E-state index in [9.17, 15) is 9.90 Å². The summed E-state index contributed by atoms with van der Waals surface area (Å²) in [5, 5.41) is 12.5. The van der Waals surface area contributed by atoms with Crippen LogP contribution in [0, 0.1) is 0 Å². The number of amides is 1. The first-order chi connectivity index (χ1) is 9.36. The minimum Gasteiger partial charge on any atom is -0.392 e. The number of carbonyl (C=O) groups is 1. The molecule has 0 saturated heterocycles. The van der Waals surface area contributed by atoms with Gasteiger partial charge in [0.2, 0.25) is 0 Å². The number of rotatable bonds is 6. The van der Waals surface area contributed by atoms with Crippen molar-refractivity contribution in [3.63, 3.8) is 0 Å². The Labute approximate surface area is 120 Å². The zero-order valence-corrected chi connectivity index (χ0v) is 12.8. The molecule has 0 radical (unpaired) electrons. The molecule has 0 aliphatic carbocycles. The fourth-order valence-electron chi connectivity index (χ4n) is 1.82. The standard InChI is InChI=1S/C14H24N4O2/c1-6-15-11-7-16-13(9(2)3)17-12(11)14(20)18(5)8-10(4)19/h7,9-10,15,19H,6,8H2,1-5H3. The van der Waals surface area contributed by atoms with Crippen LogP contribution >= 0.6 is 0 Å². The van der Waals surface area contributed by atoms with E-state index in [4.69, 9.17) is 0 Å². The van der Waals surface area contributed by atoms with E-state index in [0.29, 0.717) is 23.8 Å². The van der Waals surface area contributed by atoms with Crippen molar-refractivity contribution >= 4 is 11.6 Å². The number of aliphatic hydroxyl groups excluding tert-OH is 1. The number of nitrogens with one attached hydrogen (secondary N) is 1. The number of hydrogen-bond acceptors (Lipinski definition) is 5. The second-order valence-corrected chi connectivity index (χ2v) is 5.21. The van der Waals surface area contributed by atoms with Crippen molar-refractivity contribution in [3.8, 4) is 0 Å². The summed E-state index contributed by atoms with van der Waals surface area (Å²) < 4.78 is 0. The molecular weight excluding hydrogens is 256 g/mol. The smallest absolute Gasteiger partial charge is 0.274 e. The number of hydrogen-bond donors (Lipinski definition) is 2. The molecule has 20 heavy (non-hydrogen) atoms. The first-order valence-electron chi connectivity index (χ1n) is 6.91. The minimum atomic E-state index is -0.571. The molecule has 1 rings (SSSR count). The molecule has 0 fully saturated rings. The van der Waals surface area contributed by atoms with Gasteiger partial charge in [-0.15, -0.1) is 0 Å². The Hall–Kier alpha value is -1.69. The van der Waals surface area contributed by atoms with E-state index >= 15 is 0 Å². The van der Waals surface area contributed by atoms with E-state index in [-0.39, 0.29) is 18.4 Å². The van der Waals surface area contributed by atoms with E-state index in [1.807, 2.05) is 20.8 Å². The van der Waals surface area contributed by atoms with Gasteiger partial charge in [-0.3, -0.25) is 4.79 Å². The molecule has 1 heterocycles. The Morgan fingerprint density at radius 2 is 2.10 bits per heavy atom. The normalized spacial score (nSPS) is 12.3. The van der Waals surface area contributed by atoms with Crippen LogP contribution in [0.4, 0.5) is 5.69 Å². The molecule has 1 amide bonds. The van der Waals surface area contributed by atoms with Crippen molar-refractivity contribution in [1.82, 2.24) is 14.9 Å². The molecule has 0 spiro atoms. The minimum absolute atomic E-state index is 0.152. The Kier molecular flexibility index (Phi) is 5.88. The lowest BCUT2D eigenvalue weighted by Crippen LogP contribution is -2.34. The van der Waals surface area contributed by atoms with Gasteiger partial charge in [0, 0.05) is 26.1 Å². The van der Waals surface area contributed by atoms with Gasteiger partial charge in [0.15, 0.2) is 5.69 Å². The highest BCUT2D eigenvalue weighted by molar-refractivity contribution is 5.97. The van der Waals surface area contributed by atoms with Crippen LogP contribution in [0.3, 0.4) is 0 Å². The zero-order chi connectivity index (χ0) is 15.3. The van der Waals surface area contributed by atoms with Crippen LogP contribution in [0.15, 0.2) is 6.20 Å². The van der Waals surface area contributed by atoms with Gasteiger partial charge < -0.3 is 15.3 Å². The summed E-state index contributed by atoms with van der Waals surface area (Å²) in [5.74, 6) is 0.575. The van der Waals surface area contributed by atoms with Gasteiger partial charge in [-0.25, -0.2) is 9.97 Å². The summed E-state index contributed by atoms with van der Waals surface area (Å²) in [6.07, 6.45) is 1.08. The Morgan fingerprint density at radius 1 is 1.45 bits per heavy atom. The summed E-state index contributed by atoms with van der Waals surface area (Å²) in [6, 6.07) is 0. The number of carbonyl (C=O) groups excluding carboxylic acids is 1. The third-order valence-corrected chi connectivity index (χ3v) is 2.78. The highest BCUT2D eigenvalue weighted by atomic mass is 16.3. The number of nitrogens with zero attached hydrogens (tertiary/aromatic N) is 3. The number of anilines is 1. The molecule has 0 bridgehead atoms. The summed E-state index contributed by atoms with van der Waals surface area (Å²) in [4.78, 5) is 22.5. The Balaban J connectivity index is 3.11. The fourth-order valence-corrected chi connectivity index (χ4v) is 1.82. The largest absolute Gasteiger partial charge is 0.392 e. The molecule has 112 valence electrons. The van der Waals surface area contributed by atoms with E-state index in [1.54, 1.807) is 20.2 Å². The topological polar surface area (TPSA) is 78.4 Å². The average Bonchev–Trinajstić information content (AvgIpc) is 2.37. The van der Waals surface area contributed by atoms with Crippen molar-refractivity contribution in [2.75, 3.05) is 25.5 Å². The van der Waals surface area contributed by atoms with Crippen molar-refractivity contribution < 1.29 is 9.90 Å². The molecule has 1 atom stereocenters. The monoisotopic (exact) mass is 280 g/mol. The van der Waals surface area contributed by atoms with Gasteiger partial charge >= 0.3 is 0 Å². The average molecular weight is 280 g/mol. The number of aromatic nitrogens is 2.